The standard InChI is InChI=1S/C26H30NO3S2/c28-26(25(22-9-4-17-31-22)23-10-5-18-32-23)30-24-19-20-11-14-27(24,15-12-20)13-6-16-29-21-7-2-1-3-8-21/h1-5,7-10,17-18,20,24-25H,6,11-16,19H2/q+1/t20?,24-,27?/m1/s1. The van der Waals surface area contributed by atoms with Crippen molar-refractivity contribution in [1.29, 1.82) is 0 Å². The van der Waals surface area contributed by atoms with Crippen LogP contribution in [0.1, 0.15) is 41.4 Å². The molecule has 4 nitrogen and oxygen atoms in total. The summed E-state index contributed by atoms with van der Waals surface area (Å²) in [6, 6.07) is 18.1. The molecule has 1 atom stereocenters. The number of carbonyl (C=O) groups excluding carboxylic acids is 1. The molecule has 6 heteroatoms. The minimum Gasteiger partial charge on any atom is -0.493 e. The first-order valence-electron chi connectivity index (χ1n) is 11.5. The van der Waals surface area contributed by atoms with Crippen LogP contribution >= 0.6 is 22.7 Å². The molecule has 3 aliphatic heterocycles. The molecule has 0 saturated carbocycles. The van der Waals surface area contributed by atoms with Gasteiger partial charge in [0.1, 0.15) is 11.7 Å². The highest BCUT2D eigenvalue weighted by molar-refractivity contribution is 7.11. The molecule has 3 aliphatic rings. The van der Waals surface area contributed by atoms with Crippen molar-refractivity contribution in [1.82, 2.24) is 0 Å². The Morgan fingerprint density at radius 1 is 0.969 bits per heavy atom. The molecule has 32 heavy (non-hydrogen) atoms. The molecule has 2 aromatic heterocycles. The van der Waals surface area contributed by atoms with E-state index in [1.165, 1.54) is 12.8 Å². The van der Waals surface area contributed by atoms with Gasteiger partial charge >= 0.3 is 5.97 Å². The topological polar surface area (TPSA) is 35.5 Å². The molecular weight excluding hydrogens is 438 g/mol. The molecule has 0 N–H and O–H groups in total. The summed E-state index contributed by atoms with van der Waals surface area (Å²) in [4.78, 5) is 15.6. The number of piperidine rings is 3. The zero-order chi connectivity index (χ0) is 21.8. The number of para-hydroxylation sites is 1. The minimum absolute atomic E-state index is 0.0332. The second kappa shape index (κ2) is 9.77. The largest absolute Gasteiger partial charge is 0.493 e. The van der Waals surface area contributed by atoms with E-state index in [2.05, 4.69) is 12.1 Å². The number of quaternary nitrogens is 1. The number of hydrogen-bond acceptors (Lipinski definition) is 5. The number of nitrogens with zero attached hydrogens (tertiary/aromatic N) is 1. The number of benzene rings is 1. The smallest absolute Gasteiger partial charge is 0.324 e. The van der Waals surface area contributed by atoms with Crippen LogP contribution in [0.2, 0.25) is 0 Å². The fourth-order valence-corrected chi connectivity index (χ4v) is 7.00. The van der Waals surface area contributed by atoms with E-state index in [0.717, 1.165) is 52.5 Å². The van der Waals surface area contributed by atoms with Crippen LogP contribution in [0.3, 0.4) is 0 Å². The second-order valence-corrected chi connectivity index (χ2v) is 10.9. The lowest BCUT2D eigenvalue weighted by Gasteiger charge is -2.53. The average Bonchev–Trinajstić information content (AvgIpc) is 3.54. The Kier molecular flexibility index (Phi) is 6.62. The van der Waals surface area contributed by atoms with Gasteiger partial charge in [-0.1, -0.05) is 30.3 Å². The van der Waals surface area contributed by atoms with Crippen molar-refractivity contribution < 1.29 is 18.8 Å². The van der Waals surface area contributed by atoms with Crippen molar-refractivity contribution in [2.24, 2.45) is 5.92 Å². The molecule has 0 unspecified atom stereocenters. The first-order chi connectivity index (χ1) is 15.7. The van der Waals surface area contributed by atoms with Crippen LogP contribution in [0, 0.1) is 5.92 Å². The first kappa shape index (κ1) is 21.7. The summed E-state index contributed by atoms with van der Waals surface area (Å²) >= 11 is 3.27. The molecule has 0 spiro atoms. The van der Waals surface area contributed by atoms with Gasteiger partial charge in [-0.3, -0.25) is 9.28 Å². The normalized spacial score (nSPS) is 24.5. The van der Waals surface area contributed by atoms with Crippen molar-refractivity contribution in [3.8, 4) is 5.75 Å². The predicted molar refractivity (Wildman–Crippen MR) is 129 cm³/mol. The molecule has 6 rings (SSSR count). The van der Waals surface area contributed by atoms with Crippen LogP contribution in [0.5, 0.6) is 5.75 Å². The van der Waals surface area contributed by atoms with Gasteiger partial charge in [-0.05, 0) is 40.9 Å². The number of esters is 1. The Labute approximate surface area is 198 Å². The fourth-order valence-electron chi connectivity index (χ4n) is 5.27. The van der Waals surface area contributed by atoms with Crippen LogP contribution in [0.25, 0.3) is 0 Å². The fraction of sp³-hybridized carbons (Fsp3) is 0.423. The highest BCUT2D eigenvalue weighted by Crippen LogP contribution is 2.41. The van der Waals surface area contributed by atoms with Crippen molar-refractivity contribution in [2.45, 2.75) is 37.8 Å². The van der Waals surface area contributed by atoms with E-state index in [1.54, 1.807) is 22.7 Å². The predicted octanol–water partition coefficient (Wildman–Crippen LogP) is 5.91. The molecule has 3 saturated heterocycles. The summed E-state index contributed by atoms with van der Waals surface area (Å²) < 4.78 is 13.2. The Morgan fingerprint density at radius 2 is 1.66 bits per heavy atom. The van der Waals surface area contributed by atoms with Crippen molar-refractivity contribution >= 4 is 28.6 Å². The van der Waals surface area contributed by atoms with Gasteiger partial charge in [-0.2, -0.15) is 0 Å². The van der Waals surface area contributed by atoms with E-state index < -0.39 is 0 Å². The second-order valence-electron chi connectivity index (χ2n) is 8.94. The van der Waals surface area contributed by atoms with Gasteiger partial charge in [0, 0.05) is 35.4 Å². The van der Waals surface area contributed by atoms with Gasteiger partial charge in [0.25, 0.3) is 0 Å². The molecular formula is C26H30NO3S2+. The average molecular weight is 469 g/mol. The molecule has 1 aromatic carbocycles. The quantitative estimate of drug-likeness (QED) is 0.222. The molecule has 0 aliphatic carbocycles. The highest BCUT2D eigenvalue weighted by Gasteiger charge is 2.49. The SMILES string of the molecule is O=C(O[C@@H]1CC2CC[N+]1(CCCOc1ccccc1)CC2)C(c1cccs1)c1cccs1. The summed E-state index contributed by atoms with van der Waals surface area (Å²) in [5.41, 5.74) is 0. The van der Waals surface area contributed by atoms with E-state index in [1.807, 2.05) is 53.2 Å². The maximum absolute atomic E-state index is 13.5. The lowest BCUT2D eigenvalue weighted by Crippen LogP contribution is -2.65. The Morgan fingerprint density at radius 3 is 2.28 bits per heavy atom. The van der Waals surface area contributed by atoms with Crippen molar-refractivity contribution in [3.05, 3.63) is 75.1 Å². The summed E-state index contributed by atoms with van der Waals surface area (Å²) in [6.07, 6.45) is 4.41. The zero-order valence-corrected chi connectivity index (χ0v) is 19.9. The van der Waals surface area contributed by atoms with Crippen molar-refractivity contribution in [2.75, 3.05) is 26.2 Å². The van der Waals surface area contributed by atoms with E-state index in [9.17, 15) is 4.79 Å². The lowest BCUT2D eigenvalue weighted by molar-refractivity contribution is -0.984. The Balaban J connectivity index is 1.26. The highest BCUT2D eigenvalue weighted by atomic mass is 32.1. The minimum atomic E-state index is -0.307. The molecule has 0 radical (unpaired) electrons. The molecule has 0 amide bonds. The van der Waals surface area contributed by atoms with Gasteiger partial charge < -0.3 is 9.47 Å². The van der Waals surface area contributed by atoms with E-state index in [-0.39, 0.29) is 18.1 Å². The van der Waals surface area contributed by atoms with Gasteiger partial charge in [-0.15, -0.1) is 22.7 Å². The third kappa shape index (κ3) is 4.63. The maximum Gasteiger partial charge on any atom is 0.324 e. The zero-order valence-electron chi connectivity index (χ0n) is 18.2. The van der Waals surface area contributed by atoms with E-state index in [0.29, 0.717) is 12.5 Å². The molecule has 2 bridgehead atoms. The summed E-state index contributed by atoms with van der Waals surface area (Å²) in [6.45, 7) is 3.91. The molecule has 5 heterocycles. The van der Waals surface area contributed by atoms with Crippen LogP contribution in [0.4, 0.5) is 0 Å². The monoisotopic (exact) mass is 468 g/mol. The van der Waals surface area contributed by atoms with Crippen LogP contribution in [-0.4, -0.2) is 42.9 Å². The third-order valence-corrected chi connectivity index (χ3v) is 8.89. The molecule has 168 valence electrons. The molecule has 3 aromatic rings. The Bertz CT molecular complexity index is 945. The van der Waals surface area contributed by atoms with Crippen LogP contribution in [0.15, 0.2) is 65.4 Å². The van der Waals surface area contributed by atoms with Gasteiger partial charge in [0.05, 0.1) is 26.2 Å². The van der Waals surface area contributed by atoms with Crippen LogP contribution in [-0.2, 0) is 9.53 Å². The number of ether oxygens (including phenoxy) is 2. The van der Waals surface area contributed by atoms with Gasteiger partial charge in [0.15, 0.2) is 0 Å². The number of hydrogen-bond donors (Lipinski definition) is 0. The Hall–Kier alpha value is -2.15. The van der Waals surface area contributed by atoms with Crippen molar-refractivity contribution in [3.63, 3.8) is 0 Å². The number of fused-ring (bicyclic) bond motifs is 3. The van der Waals surface area contributed by atoms with Gasteiger partial charge in [0.2, 0.25) is 6.23 Å². The van der Waals surface area contributed by atoms with E-state index >= 15 is 0 Å². The maximum atomic E-state index is 13.5. The van der Waals surface area contributed by atoms with Crippen LogP contribution < -0.4 is 4.74 Å². The summed E-state index contributed by atoms with van der Waals surface area (Å²) in [7, 11) is 0. The summed E-state index contributed by atoms with van der Waals surface area (Å²) in [5, 5.41) is 4.08. The number of carbonyl (C=O) groups is 1. The lowest BCUT2D eigenvalue weighted by atomic mass is 9.84. The molecule has 3 fully saturated rings. The third-order valence-electron chi connectivity index (χ3n) is 7.01. The summed E-state index contributed by atoms with van der Waals surface area (Å²) in [5.74, 6) is 1.21. The number of thiophene rings is 2. The van der Waals surface area contributed by atoms with E-state index in [4.69, 9.17) is 9.47 Å². The number of rotatable bonds is 9. The van der Waals surface area contributed by atoms with Gasteiger partial charge in [-0.25, -0.2) is 0 Å². The first-order valence-corrected chi connectivity index (χ1v) is 13.3.